The molecule has 0 saturated carbocycles. The maximum Gasteiger partial charge on any atom is 0.307 e. The third kappa shape index (κ3) is 6.36. The molecule has 1 rings (SSSR count). The Balaban J connectivity index is 2.40. The lowest BCUT2D eigenvalue weighted by Gasteiger charge is -2.27. The first-order valence-electron chi connectivity index (χ1n) is 6.96. The van der Waals surface area contributed by atoms with Gasteiger partial charge in [-0.2, -0.15) is 0 Å². The van der Waals surface area contributed by atoms with Crippen LogP contribution >= 0.6 is 0 Å². The number of nitrogens with zero attached hydrogens (tertiary/aromatic N) is 2. The minimum absolute atomic E-state index is 0.169. The minimum Gasteiger partial charge on any atom is -0.460 e. The van der Waals surface area contributed by atoms with Gasteiger partial charge in [-0.1, -0.05) is 0 Å². The maximum absolute atomic E-state index is 11.7. The van der Waals surface area contributed by atoms with Gasteiger partial charge >= 0.3 is 5.97 Å². The van der Waals surface area contributed by atoms with E-state index in [0.29, 0.717) is 25.6 Å². The molecule has 5 heteroatoms. The SMILES string of the molecule is CN(C)CC1CC(O)CN1CCC(=O)OC(C)(C)C. The Morgan fingerprint density at radius 3 is 2.58 bits per heavy atom. The van der Waals surface area contributed by atoms with Crippen LogP contribution in [0.1, 0.15) is 33.6 Å². The lowest BCUT2D eigenvalue weighted by Crippen LogP contribution is -2.39. The molecule has 1 saturated heterocycles. The van der Waals surface area contributed by atoms with Gasteiger partial charge in [0.1, 0.15) is 5.60 Å². The Kier molecular flexibility index (Phi) is 5.77. The fraction of sp³-hybridized carbons (Fsp3) is 0.929. The van der Waals surface area contributed by atoms with Crippen LogP contribution in [0.4, 0.5) is 0 Å². The standard InChI is InChI=1S/C14H28N2O3/c1-14(2,3)19-13(18)6-7-16-10-12(17)8-11(16)9-15(4)5/h11-12,17H,6-10H2,1-5H3. The van der Waals surface area contributed by atoms with Crippen LogP contribution in [0, 0.1) is 0 Å². The predicted octanol–water partition coefficient (Wildman–Crippen LogP) is 0.715. The van der Waals surface area contributed by atoms with Crippen molar-refractivity contribution in [1.82, 2.24) is 9.80 Å². The molecule has 112 valence electrons. The van der Waals surface area contributed by atoms with Crippen LogP contribution in [-0.4, -0.2) is 72.4 Å². The van der Waals surface area contributed by atoms with E-state index in [0.717, 1.165) is 13.0 Å². The van der Waals surface area contributed by atoms with Gasteiger partial charge < -0.3 is 14.7 Å². The number of aliphatic hydroxyl groups excluding tert-OH is 1. The molecule has 5 nitrogen and oxygen atoms in total. The zero-order chi connectivity index (χ0) is 14.6. The van der Waals surface area contributed by atoms with Gasteiger partial charge in [0.05, 0.1) is 12.5 Å². The number of carbonyl (C=O) groups excluding carboxylic acids is 1. The number of β-amino-alcohol motifs (C(OH)–C–C–N with tert-alkyl or cyclic N) is 1. The first-order chi connectivity index (χ1) is 8.67. The van der Waals surface area contributed by atoms with Crippen molar-refractivity contribution in [3.8, 4) is 0 Å². The summed E-state index contributed by atoms with van der Waals surface area (Å²) in [6.07, 6.45) is 0.893. The van der Waals surface area contributed by atoms with Crippen molar-refractivity contribution in [2.45, 2.75) is 51.4 Å². The number of hydrogen-bond donors (Lipinski definition) is 1. The largest absolute Gasteiger partial charge is 0.460 e. The number of likely N-dealkylation sites (N-methyl/N-ethyl adjacent to an activating group) is 1. The molecule has 0 aromatic carbocycles. The molecule has 0 spiro atoms. The molecular formula is C14H28N2O3. The number of ether oxygens (including phenoxy) is 1. The average molecular weight is 272 g/mol. The molecule has 19 heavy (non-hydrogen) atoms. The van der Waals surface area contributed by atoms with Gasteiger partial charge in [-0.15, -0.1) is 0 Å². The Bertz CT molecular complexity index is 300. The summed E-state index contributed by atoms with van der Waals surface area (Å²) in [5.41, 5.74) is -0.426. The first-order valence-corrected chi connectivity index (χ1v) is 6.96. The maximum atomic E-state index is 11.7. The number of hydrogen-bond acceptors (Lipinski definition) is 5. The van der Waals surface area contributed by atoms with Crippen LogP contribution in [0.2, 0.25) is 0 Å². The lowest BCUT2D eigenvalue weighted by molar-refractivity contribution is -0.155. The van der Waals surface area contributed by atoms with Crippen molar-refractivity contribution in [2.75, 3.05) is 33.7 Å². The van der Waals surface area contributed by atoms with Gasteiger partial charge in [0, 0.05) is 25.7 Å². The predicted molar refractivity (Wildman–Crippen MR) is 75.0 cm³/mol. The van der Waals surface area contributed by atoms with Gasteiger partial charge in [-0.3, -0.25) is 9.69 Å². The zero-order valence-electron chi connectivity index (χ0n) is 12.8. The third-order valence-corrected chi connectivity index (χ3v) is 3.10. The Morgan fingerprint density at radius 1 is 1.42 bits per heavy atom. The van der Waals surface area contributed by atoms with Crippen LogP contribution in [0.15, 0.2) is 0 Å². The van der Waals surface area contributed by atoms with Crippen LogP contribution < -0.4 is 0 Å². The summed E-state index contributed by atoms with van der Waals surface area (Å²) in [7, 11) is 4.05. The molecule has 1 fully saturated rings. The summed E-state index contributed by atoms with van der Waals surface area (Å²) in [4.78, 5) is 16.0. The summed E-state index contributed by atoms with van der Waals surface area (Å²) in [6, 6.07) is 0.326. The number of likely N-dealkylation sites (tertiary alicyclic amines) is 1. The third-order valence-electron chi connectivity index (χ3n) is 3.10. The molecule has 2 unspecified atom stereocenters. The average Bonchev–Trinajstić information content (AvgIpc) is 2.52. The smallest absolute Gasteiger partial charge is 0.307 e. The number of rotatable bonds is 5. The van der Waals surface area contributed by atoms with Gasteiger partial charge in [-0.25, -0.2) is 0 Å². The molecule has 0 amide bonds. The van der Waals surface area contributed by atoms with E-state index in [1.54, 1.807) is 0 Å². The second-order valence-electron chi connectivity index (χ2n) is 6.64. The van der Waals surface area contributed by atoms with Gasteiger partial charge in [0.2, 0.25) is 0 Å². The number of carbonyl (C=O) groups is 1. The Labute approximate surface area is 116 Å². The summed E-state index contributed by atoms with van der Waals surface area (Å²) in [5.74, 6) is -0.169. The molecule has 1 aliphatic heterocycles. The normalized spacial score (nSPS) is 25.0. The highest BCUT2D eigenvalue weighted by atomic mass is 16.6. The minimum atomic E-state index is -0.426. The second-order valence-corrected chi connectivity index (χ2v) is 6.64. The van der Waals surface area contributed by atoms with E-state index in [9.17, 15) is 9.90 Å². The van der Waals surface area contributed by atoms with Crippen molar-refractivity contribution in [3.63, 3.8) is 0 Å². The molecule has 1 heterocycles. The monoisotopic (exact) mass is 272 g/mol. The topological polar surface area (TPSA) is 53.0 Å². The molecular weight excluding hydrogens is 244 g/mol. The van der Waals surface area contributed by atoms with E-state index >= 15 is 0 Å². The quantitative estimate of drug-likeness (QED) is 0.747. The number of aliphatic hydroxyl groups is 1. The molecule has 0 aliphatic carbocycles. The summed E-state index contributed by atoms with van der Waals surface area (Å²) in [5, 5.41) is 9.76. The van der Waals surface area contributed by atoms with Gasteiger partial charge in [0.25, 0.3) is 0 Å². The van der Waals surface area contributed by atoms with Crippen molar-refractivity contribution in [1.29, 1.82) is 0 Å². The molecule has 0 aromatic rings. The van der Waals surface area contributed by atoms with Crippen LogP contribution in [-0.2, 0) is 9.53 Å². The molecule has 1 N–H and O–H groups in total. The summed E-state index contributed by atoms with van der Waals surface area (Å²) >= 11 is 0. The van der Waals surface area contributed by atoms with E-state index in [-0.39, 0.29) is 12.1 Å². The molecule has 1 aliphatic rings. The van der Waals surface area contributed by atoms with E-state index in [1.165, 1.54) is 0 Å². The molecule has 0 bridgehead atoms. The first kappa shape index (κ1) is 16.4. The molecule has 0 aromatic heterocycles. The Hall–Kier alpha value is -0.650. The highest BCUT2D eigenvalue weighted by Crippen LogP contribution is 2.19. The Morgan fingerprint density at radius 2 is 2.05 bits per heavy atom. The fourth-order valence-corrected chi connectivity index (χ4v) is 2.47. The van der Waals surface area contributed by atoms with Gasteiger partial charge in [-0.05, 0) is 41.3 Å². The lowest BCUT2D eigenvalue weighted by atomic mass is 10.2. The van der Waals surface area contributed by atoms with E-state index in [2.05, 4.69) is 9.80 Å². The van der Waals surface area contributed by atoms with E-state index in [4.69, 9.17) is 4.74 Å². The highest BCUT2D eigenvalue weighted by molar-refractivity contribution is 5.70. The van der Waals surface area contributed by atoms with E-state index in [1.807, 2.05) is 34.9 Å². The van der Waals surface area contributed by atoms with Crippen molar-refractivity contribution < 1.29 is 14.6 Å². The van der Waals surface area contributed by atoms with Crippen LogP contribution in [0.5, 0.6) is 0 Å². The van der Waals surface area contributed by atoms with Crippen LogP contribution in [0.3, 0.4) is 0 Å². The summed E-state index contributed by atoms with van der Waals surface area (Å²) in [6.45, 7) is 7.84. The zero-order valence-corrected chi connectivity index (χ0v) is 12.8. The fourth-order valence-electron chi connectivity index (χ4n) is 2.47. The number of esters is 1. The van der Waals surface area contributed by atoms with Crippen molar-refractivity contribution >= 4 is 5.97 Å². The molecule has 0 radical (unpaired) electrons. The van der Waals surface area contributed by atoms with Crippen molar-refractivity contribution in [2.24, 2.45) is 0 Å². The van der Waals surface area contributed by atoms with E-state index < -0.39 is 5.60 Å². The van der Waals surface area contributed by atoms with Crippen molar-refractivity contribution in [3.05, 3.63) is 0 Å². The van der Waals surface area contributed by atoms with Crippen LogP contribution in [0.25, 0.3) is 0 Å². The second kappa shape index (κ2) is 6.68. The van der Waals surface area contributed by atoms with Gasteiger partial charge in [0.15, 0.2) is 0 Å². The summed E-state index contributed by atoms with van der Waals surface area (Å²) < 4.78 is 5.30. The molecule has 2 atom stereocenters. The highest BCUT2D eigenvalue weighted by Gasteiger charge is 2.31.